The Labute approximate surface area is 135 Å². The maximum absolute atomic E-state index is 11.8. The lowest BCUT2D eigenvalue weighted by molar-refractivity contribution is 0.0940. The lowest BCUT2D eigenvalue weighted by atomic mass is 10.3. The van der Waals surface area contributed by atoms with Crippen LogP contribution in [0.25, 0.3) is 0 Å². The number of nitrogens with one attached hydrogen (secondary N) is 3. The van der Waals surface area contributed by atoms with Gasteiger partial charge in [-0.1, -0.05) is 11.6 Å². The average Bonchev–Trinajstić information content (AvgIpc) is 3.04. The molecule has 1 unspecified atom stereocenters. The van der Waals surface area contributed by atoms with Crippen LogP contribution in [0, 0.1) is 6.92 Å². The fraction of sp³-hybridized carbons (Fsp3) is 0.231. The van der Waals surface area contributed by atoms with Crippen LogP contribution in [0.3, 0.4) is 0 Å². The summed E-state index contributed by atoms with van der Waals surface area (Å²) in [6, 6.07) is 6.52. The van der Waals surface area contributed by atoms with Crippen molar-refractivity contribution in [1.29, 1.82) is 0 Å². The number of thiophene rings is 2. The van der Waals surface area contributed by atoms with E-state index in [0.29, 0.717) is 9.21 Å². The summed E-state index contributed by atoms with van der Waals surface area (Å²) >= 11 is 8.61. The van der Waals surface area contributed by atoms with Gasteiger partial charge in [-0.15, -0.1) is 22.7 Å². The maximum atomic E-state index is 11.8. The SMILES string of the molecule is Cc1ccc(C(=O)NNC(=O)NC(C)c2ccc(Cl)s2)s1. The zero-order valence-corrected chi connectivity index (χ0v) is 13.8. The number of urea groups is 1. The highest BCUT2D eigenvalue weighted by Gasteiger charge is 2.13. The van der Waals surface area contributed by atoms with Gasteiger partial charge in [0.15, 0.2) is 0 Å². The van der Waals surface area contributed by atoms with E-state index in [2.05, 4.69) is 16.2 Å². The molecule has 0 radical (unpaired) electrons. The van der Waals surface area contributed by atoms with Gasteiger partial charge in [0, 0.05) is 9.75 Å². The molecule has 0 saturated carbocycles. The van der Waals surface area contributed by atoms with Gasteiger partial charge in [0.2, 0.25) is 0 Å². The van der Waals surface area contributed by atoms with Crippen LogP contribution >= 0.6 is 34.3 Å². The van der Waals surface area contributed by atoms with Crippen LogP contribution in [0.15, 0.2) is 24.3 Å². The number of rotatable bonds is 3. The number of halogens is 1. The lowest BCUT2D eigenvalue weighted by Crippen LogP contribution is -2.47. The maximum Gasteiger partial charge on any atom is 0.333 e. The number of aryl methyl sites for hydroxylation is 1. The monoisotopic (exact) mass is 343 g/mol. The molecule has 1 atom stereocenters. The van der Waals surface area contributed by atoms with Crippen molar-refractivity contribution in [1.82, 2.24) is 16.2 Å². The van der Waals surface area contributed by atoms with E-state index in [1.54, 1.807) is 12.1 Å². The third-order valence-electron chi connectivity index (χ3n) is 2.62. The molecule has 112 valence electrons. The highest BCUT2D eigenvalue weighted by atomic mass is 35.5. The first-order valence-corrected chi connectivity index (χ1v) is 8.15. The second-order valence-electron chi connectivity index (χ2n) is 4.33. The van der Waals surface area contributed by atoms with Gasteiger partial charge in [-0.3, -0.25) is 10.2 Å². The average molecular weight is 344 g/mol. The number of carbonyl (C=O) groups is 2. The van der Waals surface area contributed by atoms with E-state index in [4.69, 9.17) is 11.6 Å². The zero-order chi connectivity index (χ0) is 15.4. The standard InChI is InChI=1S/C13H14ClN3O2S2/c1-7-3-4-10(20-7)12(18)16-17-13(19)15-8(2)9-5-6-11(14)21-9/h3-6,8H,1-2H3,(H,16,18)(H2,15,17,19). The molecule has 2 aromatic heterocycles. The van der Waals surface area contributed by atoms with E-state index in [-0.39, 0.29) is 11.9 Å². The molecule has 21 heavy (non-hydrogen) atoms. The molecule has 0 aliphatic rings. The van der Waals surface area contributed by atoms with E-state index < -0.39 is 6.03 Å². The van der Waals surface area contributed by atoms with Crippen LogP contribution in [-0.2, 0) is 0 Å². The van der Waals surface area contributed by atoms with Gasteiger partial charge in [-0.25, -0.2) is 10.2 Å². The Bertz CT molecular complexity index is 653. The Kier molecular flexibility index (Phi) is 5.22. The molecular formula is C13H14ClN3O2S2. The predicted octanol–water partition coefficient (Wildman–Crippen LogP) is 3.48. The Hall–Kier alpha value is -1.57. The van der Waals surface area contributed by atoms with Crippen LogP contribution in [0.2, 0.25) is 4.34 Å². The van der Waals surface area contributed by atoms with Crippen LogP contribution in [0.4, 0.5) is 4.79 Å². The zero-order valence-electron chi connectivity index (χ0n) is 11.4. The summed E-state index contributed by atoms with van der Waals surface area (Å²) in [6.45, 7) is 3.75. The largest absolute Gasteiger partial charge is 0.333 e. The molecule has 5 nitrogen and oxygen atoms in total. The van der Waals surface area contributed by atoms with Gasteiger partial charge in [0.25, 0.3) is 5.91 Å². The summed E-state index contributed by atoms with van der Waals surface area (Å²) in [5.41, 5.74) is 4.69. The molecule has 8 heteroatoms. The fourth-order valence-corrected chi connectivity index (χ4v) is 3.42. The number of hydrazine groups is 1. The van der Waals surface area contributed by atoms with Crippen molar-refractivity contribution in [3.05, 3.63) is 43.2 Å². The molecule has 2 aromatic rings. The second-order valence-corrected chi connectivity index (χ2v) is 7.36. The van der Waals surface area contributed by atoms with Crippen LogP contribution in [0.5, 0.6) is 0 Å². The fourth-order valence-electron chi connectivity index (χ4n) is 1.60. The topological polar surface area (TPSA) is 70.2 Å². The first-order chi connectivity index (χ1) is 9.95. The van der Waals surface area contributed by atoms with Crippen LogP contribution in [-0.4, -0.2) is 11.9 Å². The summed E-state index contributed by atoms with van der Waals surface area (Å²) in [4.78, 5) is 26.0. The van der Waals surface area contributed by atoms with Crippen molar-refractivity contribution >= 4 is 46.2 Å². The van der Waals surface area contributed by atoms with Gasteiger partial charge < -0.3 is 5.32 Å². The minimum absolute atomic E-state index is 0.191. The lowest BCUT2D eigenvalue weighted by Gasteiger charge is -2.13. The smallest absolute Gasteiger partial charge is 0.329 e. The summed E-state index contributed by atoms with van der Waals surface area (Å²) in [6.07, 6.45) is 0. The number of carbonyl (C=O) groups excluding carboxylic acids is 2. The highest BCUT2D eigenvalue weighted by Crippen LogP contribution is 2.26. The van der Waals surface area contributed by atoms with E-state index in [1.807, 2.05) is 26.0 Å². The van der Waals surface area contributed by atoms with Crippen LogP contribution in [0.1, 0.15) is 32.4 Å². The van der Waals surface area contributed by atoms with Crippen LogP contribution < -0.4 is 16.2 Å². The summed E-state index contributed by atoms with van der Waals surface area (Å²) in [5.74, 6) is -0.338. The molecule has 3 amide bonds. The first kappa shape index (κ1) is 15.8. The third kappa shape index (κ3) is 4.45. The molecule has 0 aliphatic heterocycles. The Balaban J connectivity index is 1.81. The molecule has 0 aliphatic carbocycles. The van der Waals surface area contributed by atoms with Crippen molar-refractivity contribution in [2.45, 2.75) is 19.9 Å². The normalized spacial score (nSPS) is 11.8. The number of hydrogen-bond donors (Lipinski definition) is 3. The third-order valence-corrected chi connectivity index (χ3v) is 5.04. The van der Waals surface area contributed by atoms with Crippen molar-refractivity contribution in [2.75, 3.05) is 0 Å². The molecule has 2 rings (SSSR count). The molecule has 0 aromatic carbocycles. The number of amides is 3. The van der Waals surface area contributed by atoms with Gasteiger partial charge in [0.1, 0.15) is 0 Å². The summed E-state index contributed by atoms with van der Waals surface area (Å²) in [7, 11) is 0. The van der Waals surface area contributed by atoms with Gasteiger partial charge >= 0.3 is 6.03 Å². The van der Waals surface area contributed by atoms with E-state index in [1.165, 1.54) is 22.7 Å². The van der Waals surface area contributed by atoms with Crippen molar-refractivity contribution in [3.8, 4) is 0 Å². The van der Waals surface area contributed by atoms with Crippen molar-refractivity contribution < 1.29 is 9.59 Å². The van der Waals surface area contributed by atoms with E-state index in [9.17, 15) is 9.59 Å². The summed E-state index contributed by atoms with van der Waals surface area (Å²) in [5, 5.41) is 2.71. The van der Waals surface area contributed by atoms with E-state index in [0.717, 1.165) is 9.75 Å². The minimum Gasteiger partial charge on any atom is -0.329 e. The van der Waals surface area contributed by atoms with Gasteiger partial charge in [0.05, 0.1) is 15.3 Å². The first-order valence-electron chi connectivity index (χ1n) is 6.14. The molecular weight excluding hydrogens is 330 g/mol. The Morgan fingerprint density at radius 1 is 1.14 bits per heavy atom. The molecule has 3 N–H and O–H groups in total. The predicted molar refractivity (Wildman–Crippen MR) is 85.9 cm³/mol. The molecule has 0 bridgehead atoms. The molecule has 0 saturated heterocycles. The van der Waals surface area contributed by atoms with E-state index >= 15 is 0 Å². The van der Waals surface area contributed by atoms with Gasteiger partial charge in [-0.05, 0) is 38.1 Å². The number of hydrogen-bond acceptors (Lipinski definition) is 4. The minimum atomic E-state index is -0.478. The Morgan fingerprint density at radius 2 is 1.90 bits per heavy atom. The van der Waals surface area contributed by atoms with Crippen molar-refractivity contribution in [3.63, 3.8) is 0 Å². The summed E-state index contributed by atoms with van der Waals surface area (Å²) < 4.78 is 0.667. The molecule has 0 fully saturated rings. The molecule has 2 heterocycles. The highest BCUT2D eigenvalue weighted by molar-refractivity contribution is 7.16. The second kappa shape index (κ2) is 6.93. The van der Waals surface area contributed by atoms with Gasteiger partial charge in [-0.2, -0.15) is 0 Å². The quantitative estimate of drug-likeness (QED) is 0.747. The molecule has 0 spiro atoms. The Morgan fingerprint density at radius 3 is 2.48 bits per heavy atom. The van der Waals surface area contributed by atoms with Crippen molar-refractivity contribution in [2.24, 2.45) is 0 Å².